The second-order valence-corrected chi connectivity index (χ2v) is 7.90. The highest BCUT2D eigenvalue weighted by Gasteiger charge is 2.66. The number of nitrogens with one attached hydrogen (secondary N) is 1. The van der Waals surface area contributed by atoms with E-state index in [1.165, 1.54) is 0 Å². The highest BCUT2D eigenvalue weighted by molar-refractivity contribution is 6.31. The number of hydrogen-bond acceptors (Lipinski definition) is 4. The second kappa shape index (κ2) is 8.48. The SMILES string of the molecule is CCOC1CC(NC(=O)CCCOc2ccc(Cl)c(C)c2)(C(=O)O)C1(C)C. The van der Waals surface area contributed by atoms with Crippen LogP contribution in [0.15, 0.2) is 18.2 Å². The molecule has 1 amide bonds. The summed E-state index contributed by atoms with van der Waals surface area (Å²) in [5.74, 6) is -0.625. The maximum absolute atomic E-state index is 12.3. The molecule has 1 aromatic rings. The molecular formula is C20H28ClNO5. The van der Waals surface area contributed by atoms with Crippen molar-refractivity contribution in [3.8, 4) is 5.75 Å². The lowest BCUT2D eigenvalue weighted by molar-refractivity contribution is -0.194. The topological polar surface area (TPSA) is 84.9 Å². The molecule has 7 heteroatoms. The average molecular weight is 398 g/mol. The second-order valence-electron chi connectivity index (χ2n) is 7.49. The maximum Gasteiger partial charge on any atom is 0.330 e. The number of rotatable bonds is 9. The number of carboxylic acid groups (broad SMARTS) is 1. The van der Waals surface area contributed by atoms with Crippen LogP contribution in [-0.2, 0) is 14.3 Å². The predicted octanol–water partition coefficient (Wildman–Crippen LogP) is 3.58. The number of carboxylic acids is 1. The fourth-order valence-electron chi connectivity index (χ4n) is 3.47. The molecule has 1 saturated carbocycles. The minimum atomic E-state index is -1.29. The van der Waals surface area contributed by atoms with Gasteiger partial charge in [0.2, 0.25) is 5.91 Å². The monoisotopic (exact) mass is 397 g/mol. The molecule has 0 radical (unpaired) electrons. The van der Waals surface area contributed by atoms with Crippen LogP contribution in [0.2, 0.25) is 5.02 Å². The molecule has 0 aliphatic heterocycles. The Morgan fingerprint density at radius 2 is 2.07 bits per heavy atom. The van der Waals surface area contributed by atoms with E-state index in [-0.39, 0.29) is 24.9 Å². The van der Waals surface area contributed by atoms with Crippen molar-refractivity contribution in [2.45, 2.75) is 58.6 Å². The minimum Gasteiger partial charge on any atom is -0.494 e. The number of carbonyl (C=O) groups is 2. The van der Waals surface area contributed by atoms with Crippen molar-refractivity contribution in [2.24, 2.45) is 5.41 Å². The van der Waals surface area contributed by atoms with Crippen molar-refractivity contribution in [3.63, 3.8) is 0 Å². The summed E-state index contributed by atoms with van der Waals surface area (Å²) in [6.07, 6.45) is 0.765. The molecule has 150 valence electrons. The van der Waals surface area contributed by atoms with Crippen molar-refractivity contribution in [3.05, 3.63) is 28.8 Å². The Hall–Kier alpha value is -1.79. The zero-order valence-electron chi connectivity index (χ0n) is 16.3. The first-order chi connectivity index (χ1) is 12.6. The van der Waals surface area contributed by atoms with Crippen LogP contribution in [0.25, 0.3) is 0 Å². The van der Waals surface area contributed by atoms with E-state index in [4.69, 9.17) is 21.1 Å². The van der Waals surface area contributed by atoms with Crippen molar-refractivity contribution in [2.75, 3.05) is 13.2 Å². The summed E-state index contributed by atoms with van der Waals surface area (Å²) in [5, 5.41) is 13.1. The van der Waals surface area contributed by atoms with Crippen molar-refractivity contribution in [1.29, 1.82) is 0 Å². The summed E-state index contributed by atoms with van der Waals surface area (Å²) in [4.78, 5) is 24.2. The van der Waals surface area contributed by atoms with Gasteiger partial charge in [-0.3, -0.25) is 4.79 Å². The predicted molar refractivity (Wildman–Crippen MR) is 103 cm³/mol. The van der Waals surface area contributed by atoms with Gasteiger partial charge in [-0.2, -0.15) is 0 Å². The number of aryl methyl sites for hydroxylation is 1. The van der Waals surface area contributed by atoms with E-state index in [2.05, 4.69) is 5.32 Å². The summed E-state index contributed by atoms with van der Waals surface area (Å²) >= 11 is 5.98. The Balaban J connectivity index is 1.85. The Labute approximate surface area is 165 Å². The Morgan fingerprint density at radius 1 is 1.37 bits per heavy atom. The zero-order chi connectivity index (χ0) is 20.2. The molecule has 0 aromatic heterocycles. The largest absolute Gasteiger partial charge is 0.494 e. The van der Waals surface area contributed by atoms with E-state index in [0.29, 0.717) is 30.4 Å². The normalized spacial score (nSPS) is 23.4. The standard InChI is InChI=1S/C20H28ClNO5/c1-5-26-16-12-20(18(24)25,19(16,3)4)22-17(23)7-6-10-27-14-8-9-15(21)13(2)11-14/h8-9,11,16H,5-7,10,12H2,1-4H3,(H,22,23)(H,24,25). The summed E-state index contributed by atoms with van der Waals surface area (Å²) in [6, 6.07) is 5.38. The van der Waals surface area contributed by atoms with Crippen LogP contribution in [-0.4, -0.2) is 41.8 Å². The van der Waals surface area contributed by atoms with Gasteiger partial charge in [-0.15, -0.1) is 0 Å². The van der Waals surface area contributed by atoms with Gasteiger partial charge < -0.3 is 19.9 Å². The fraction of sp³-hybridized carbons (Fsp3) is 0.600. The fourth-order valence-corrected chi connectivity index (χ4v) is 3.58. The smallest absolute Gasteiger partial charge is 0.330 e. The summed E-state index contributed by atoms with van der Waals surface area (Å²) in [7, 11) is 0. The lowest BCUT2D eigenvalue weighted by Gasteiger charge is -2.58. The van der Waals surface area contributed by atoms with Crippen molar-refractivity contribution in [1.82, 2.24) is 5.32 Å². The lowest BCUT2D eigenvalue weighted by Crippen LogP contribution is -2.76. The molecule has 0 heterocycles. The Kier molecular flexibility index (Phi) is 6.76. The zero-order valence-corrected chi connectivity index (χ0v) is 17.1. The molecule has 1 fully saturated rings. The molecular weight excluding hydrogens is 370 g/mol. The van der Waals surface area contributed by atoms with Gasteiger partial charge in [-0.25, -0.2) is 4.79 Å². The highest BCUT2D eigenvalue weighted by atomic mass is 35.5. The quantitative estimate of drug-likeness (QED) is 0.622. The molecule has 2 N–H and O–H groups in total. The van der Waals surface area contributed by atoms with Crippen molar-refractivity contribution < 1.29 is 24.2 Å². The van der Waals surface area contributed by atoms with Gasteiger partial charge in [0, 0.05) is 29.9 Å². The van der Waals surface area contributed by atoms with Gasteiger partial charge in [-0.1, -0.05) is 25.4 Å². The minimum absolute atomic E-state index is 0.185. The average Bonchev–Trinajstić information content (AvgIpc) is 2.60. The van der Waals surface area contributed by atoms with E-state index >= 15 is 0 Å². The third-order valence-corrected chi connectivity index (χ3v) is 5.85. The van der Waals surface area contributed by atoms with Crippen LogP contribution < -0.4 is 10.1 Å². The molecule has 0 bridgehead atoms. The van der Waals surface area contributed by atoms with Crippen LogP contribution in [0.1, 0.15) is 45.6 Å². The molecule has 2 unspecified atom stereocenters. The van der Waals surface area contributed by atoms with E-state index < -0.39 is 16.9 Å². The number of ether oxygens (including phenoxy) is 2. The van der Waals surface area contributed by atoms with Gasteiger partial charge in [0.25, 0.3) is 0 Å². The molecule has 27 heavy (non-hydrogen) atoms. The van der Waals surface area contributed by atoms with Crippen molar-refractivity contribution >= 4 is 23.5 Å². The van der Waals surface area contributed by atoms with Crippen LogP contribution in [0.5, 0.6) is 5.75 Å². The van der Waals surface area contributed by atoms with Crippen LogP contribution in [0.3, 0.4) is 0 Å². The summed E-state index contributed by atoms with van der Waals surface area (Å²) in [6.45, 7) is 8.27. The van der Waals surface area contributed by atoms with E-state index in [0.717, 1.165) is 5.56 Å². The van der Waals surface area contributed by atoms with Gasteiger partial charge in [0.15, 0.2) is 0 Å². The van der Waals surface area contributed by atoms with Gasteiger partial charge >= 0.3 is 5.97 Å². The first kappa shape index (κ1) is 21.5. The number of hydrogen-bond donors (Lipinski definition) is 2. The van der Waals surface area contributed by atoms with Crippen LogP contribution in [0.4, 0.5) is 0 Å². The van der Waals surface area contributed by atoms with E-state index in [1.807, 2.05) is 33.8 Å². The van der Waals surface area contributed by atoms with E-state index in [9.17, 15) is 14.7 Å². The van der Waals surface area contributed by atoms with Crippen LogP contribution in [0, 0.1) is 12.3 Å². The molecule has 0 spiro atoms. The van der Waals surface area contributed by atoms with Gasteiger partial charge in [0.1, 0.15) is 11.3 Å². The highest BCUT2D eigenvalue weighted by Crippen LogP contribution is 2.51. The molecule has 6 nitrogen and oxygen atoms in total. The number of amides is 1. The molecule has 2 atom stereocenters. The van der Waals surface area contributed by atoms with Crippen LogP contribution >= 0.6 is 11.6 Å². The molecule has 2 rings (SSSR count). The first-order valence-corrected chi connectivity index (χ1v) is 9.57. The van der Waals surface area contributed by atoms with Gasteiger partial charge in [0.05, 0.1) is 12.7 Å². The summed E-state index contributed by atoms with van der Waals surface area (Å²) in [5.41, 5.74) is -1.05. The summed E-state index contributed by atoms with van der Waals surface area (Å²) < 4.78 is 11.2. The molecule has 1 aliphatic rings. The molecule has 0 saturated heterocycles. The number of halogens is 1. The molecule has 1 aromatic carbocycles. The van der Waals surface area contributed by atoms with Gasteiger partial charge in [-0.05, 0) is 44.0 Å². The molecule has 1 aliphatic carbocycles. The first-order valence-electron chi connectivity index (χ1n) is 9.19. The number of carbonyl (C=O) groups excluding carboxylic acids is 1. The van der Waals surface area contributed by atoms with E-state index in [1.54, 1.807) is 12.1 Å². The maximum atomic E-state index is 12.3. The Bertz CT molecular complexity index is 706. The number of benzene rings is 1. The third kappa shape index (κ3) is 4.38. The third-order valence-electron chi connectivity index (χ3n) is 5.43. The lowest BCUT2D eigenvalue weighted by atomic mass is 9.54. The Morgan fingerprint density at radius 3 is 2.63 bits per heavy atom. The number of aliphatic carboxylic acids is 1.